The maximum absolute atomic E-state index is 12.9. The first-order chi connectivity index (χ1) is 11.7. The van der Waals surface area contributed by atoms with Gasteiger partial charge in [0.2, 0.25) is 11.8 Å². The van der Waals surface area contributed by atoms with Crippen molar-refractivity contribution < 1.29 is 27.5 Å². The van der Waals surface area contributed by atoms with E-state index in [-0.39, 0.29) is 11.6 Å². The summed E-state index contributed by atoms with van der Waals surface area (Å²) >= 11 is 5.57. The molecule has 0 unspecified atom stereocenters. The van der Waals surface area contributed by atoms with Crippen LogP contribution in [0.5, 0.6) is 0 Å². The molecule has 5 nitrogen and oxygen atoms in total. The van der Waals surface area contributed by atoms with E-state index in [1.165, 1.54) is 6.07 Å². The largest absolute Gasteiger partial charge is 0.417 e. The fourth-order valence-corrected chi connectivity index (χ4v) is 3.03. The van der Waals surface area contributed by atoms with Crippen LogP contribution >= 0.6 is 11.6 Å². The molecule has 1 saturated heterocycles. The third-order valence-electron chi connectivity index (χ3n) is 4.42. The third-order valence-corrected chi connectivity index (χ3v) is 4.75. The molecule has 25 heavy (non-hydrogen) atoms. The molecule has 2 fully saturated rings. The van der Waals surface area contributed by atoms with Gasteiger partial charge in [-0.05, 0) is 31.0 Å². The van der Waals surface area contributed by atoms with Gasteiger partial charge in [-0.25, -0.2) is 0 Å². The first-order valence-electron chi connectivity index (χ1n) is 7.79. The molecule has 1 aliphatic heterocycles. The quantitative estimate of drug-likeness (QED) is 0.825. The van der Waals surface area contributed by atoms with Crippen LogP contribution in [0.4, 0.5) is 18.9 Å². The summed E-state index contributed by atoms with van der Waals surface area (Å²) in [6.45, 7) is 1.64. The number of carbonyl (C=O) groups is 2. The second-order valence-electron chi connectivity index (χ2n) is 6.13. The number of benzene rings is 1. The predicted octanol–water partition coefficient (Wildman–Crippen LogP) is 2.94. The summed E-state index contributed by atoms with van der Waals surface area (Å²) in [6.07, 6.45) is -3.86. The predicted molar refractivity (Wildman–Crippen MR) is 84.1 cm³/mol. The lowest BCUT2D eigenvalue weighted by Gasteiger charge is -2.30. The van der Waals surface area contributed by atoms with Crippen molar-refractivity contribution in [3.63, 3.8) is 0 Å². The van der Waals surface area contributed by atoms with Gasteiger partial charge in [-0.15, -0.1) is 0 Å². The van der Waals surface area contributed by atoms with Crippen LogP contribution in [0.1, 0.15) is 18.4 Å². The van der Waals surface area contributed by atoms with Crippen LogP contribution in [-0.4, -0.2) is 43.0 Å². The second kappa shape index (κ2) is 6.49. The van der Waals surface area contributed by atoms with Crippen LogP contribution in [0.25, 0.3) is 0 Å². The Morgan fingerprint density at radius 2 is 1.84 bits per heavy atom. The second-order valence-corrected chi connectivity index (χ2v) is 6.54. The highest BCUT2D eigenvalue weighted by atomic mass is 35.5. The molecular weight excluding hydrogens is 361 g/mol. The highest BCUT2D eigenvalue weighted by molar-refractivity contribution is 6.31. The van der Waals surface area contributed by atoms with E-state index in [1.807, 2.05) is 0 Å². The lowest BCUT2D eigenvalue weighted by atomic mass is 10.0. The van der Waals surface area contributed by atoms with E-state index in [9.17, 15) is 22.8 Å². The summed E-state index contributed by atoms with van der Waals surface area (Å²) in [5, 5.41) is 1.98. The van der Waals surface area contributed by atoms with Gasteiger partial charge in [0.1, 0.15) is 5.41 Å². The normalized spacial score (nSPS) is 19.4. The number of halogens is 4. The molecule has 2 amide bonds. The minimum Gasteiger partial charge on any atom is -0.378 e. The van der Waals surface area contributed by atoms with Crippen molar-refractivity contribution >= 4 is 29.1 Å². The minimum absolute atomic E-state index is 0.0391. The Labute approximate surface area is 147 Å². The van der Waals surface area contributed by atoms with Crippen molar-refractivity contribution in [2.75, 3.05) is 31.6 Å². The van der Waals surface area contributed by atoms with Crippen molar-refractivity contribution in [2.24, 2.45) is 5.41 Å². The fourth-order valence-electron chi connectivity index (χ4n) is 2.80. The molecule has 1 N–H and O–H groups in total. The van der Waals surface area contributed by atoms with Crippen molar-refractivity contribution in [3.8, 4) is 0 Å². The van der Waals surface area contributed by atoms with Gasteiger partial charge in [0.25, 0.3) is 0 Å². The van der Waals surface area contributed by atoms with Gasteiger partial charge in [-0.1, -0.05) is 11.6 Å². The van der Waals surface area contributed by atoms with Crippen LogP contribution in [-0.2, 0) is 20.5 Å². The van der Waals surface area contributed by atoms with Crippen LogP contribution in [0.2, 0.25) is 5.02 Å². The van der Waals surface area contributed by atoms with Gasteiger partial charge in [-0.2, -0.15) is 13.2 Å². The molecular formula is C16H16ClF3N2O3. The summed E-state index contributed by atoms with van der Waals surface area (Å²) in [5.41, 5.74) is -2.26. The SMILES string of the molecule is O=C(Nc1ccc(Cl)c(C(F)(F)F)c1)C1(C(=O)N2CCOCC2)CC1. The van der Waals surface area contributed by atoms with Gasteiger partial charge in [0, 0.05) is 18.8 Å². The number of nitrogens with zero attached hydrogens (tertiary/aromatic N) is 1. The Hall–Kier alpha value is -1.80. The summed E-state index contributed by atoms with van der Waals surface area (Å²) < 4.78 is 43.9. The van der Waals surface area contributed by atoms with Crippen LogP contribution < -0.4 is 5.32 Å². The van der Waals surface area contributed by atoms with Gasteiger partial charge < -0.3 is 15.0 Å². The first kappa shape index (κ1) is 18.0. The number of amides is 2. The number of nitrogens with one attached hydrogen (secondary N) is 1. The summed E-state index contributed by atoms with van der Waals surface area (Å²) in [4.78, 5) is 26.7. The summed E-state index contributed by atoms with van der Waals surface area (Å²) in [7, 11) is 0. The van der Waals surface area contributed by atoms with E-state index in [1.54, 1.807) is 4.90 Å². The minimum atomic E-state index is -4.63. The number of rotatable bonds is 3. The molecule has 0 spiro atoms. The van der Waals surface area contributed by atoms with Crippen LogP contribution in [0.3, 0.4) is 0 Å². The molecule has 1 heterocycles. The number of hydrogen-bond acceptors (Lipinski definition) is 3. The van der Waals surface area contributed by atoms with E-state index >= 15 is 0 Å². The molecule has 1 saturated carbocycles. The molecule has 0 bridgehead atoms. The molecule has 3 rings (SSSR count). The lowest BCUT2D eigenvalue weighted by molar-refractivity contribution is -0.145. The standard InChI is InChI=1S/C16H16ClF3N2O3/c17-12-2-1-10(9-11(12)16(18,19)20)21-13(23)15(3-4-15)14(24)22-5-7-25-8-6-22/h1-2,9H,3-8H2,(H,21,23). The Balaban J connectivity index is 1.75. The number of hydrogen-bond donors (Lipinski definition) is 1. The van der Waals surface area contributed by atoms with E-state index < -0.39 is 28.1 Å². The topological polar surface area (TPSA) is 58.6 Å². The molecule has 136 valence electrons. The zero-order chi connectivity index (χ0) is 18.2. The number of ether oxygens (including phenoxy) is 1. The van der Waals surface area contributed by atoms with E-state index in [2.05, 4.69) is 5.32 Å². The van der Waals surface area contributed by atoms with Crippen molar-refractivity contribution in [1.82, 2.24) is 4.90 Å². The zero-order valence-corrected chi connectivity index (χ0v) is 13.9. The molecule has 9 heteroatoms. The van der Waals surface area contributed by atoms with Gasteiger partial charge >= 0.3 is 6.18 Å². The maximum Gasteiger partial charge on any atom is 0.417 e. The Morgan fingerprint density at radius 1 is 1.20 bits per heavy atom. The zero-order valence-electron chi connectivity index (χ0n) is 13.2. The maximum atomic E-state index is 12.9. The molecule has 0 aromatic heterocycles. The summed E-state index contributed by atoms with van der Waals surface area (Å²) in [5.74, 6) is -0.877. The number of morpholine rings is 1. The molecule has 0 atom stereocenters. The fraction of sp³-hybridized carbons (Fsp3) is 0.500. The monoisotopic (exact) mass is 376 g/mol. The molecule has 1 aliphatic carbocycles. The number of alkyl halides is 3. The van der Waals surface area contributed by atoms with Gasteiger partial charge in [0.15, 0.2) is 0 Å². The van der Waals surface area contributed by atoms with E-state index in [4.69, 9.17) is 16.3 Å². The third kappa shape index (κ3) is 3.59. The smallest absolute Gasteiger partial charge is 0.378 e. The highest BCUT2D eigenvalue weighted by Gasteiger charge is 2.58. The van der Waals surface area contributed by atoms with E-state index in [0.29, 0.717) is 39.1 Å². The Bertz CT molecular complexity index is 698. The van der Waals surface area contributed by atoms with Gasteiger partial charge in [-0.3, -0.25) is 9.59 Å². The van der Waals surface area contributed by atoms with Crippen LogP contribution in [0.15, 0.2) is 18.2 Å². The lowest BCUT2D eigenvalue weighted by Crippen LogP contribution is -2.47. The van der Waals surface area contributed by atoms with Crippen LogP contribution in [0, 0.1) is 5.41 Å². The highest BCUT2D eigenvalue weighted by Crippen LogP contribution is 2.48. The van der Waals surface area contributed by atoms with E-state index in [0.717, 1.165) is 12.1 Å². The molecule has 0 radical (unpaired) electrons. The van der Waals surface area contributed by atoms with Crippen molar-refractivity contribution in [3.05, 3.63) is 28.8 Å². The Kier molecular flexibility index (Phi) is 4.68. The first-order valence-corrected chi connectivity index (χ1v) is 8.17. The Morgan fingerprint density at radius 3 is 2.40 bits per heavy atom. The van der Waals surface area contributed by atoms with Crippen molar-refractivity contribution in [2.45, 2.75) is 19.0 Å². The van der Waals surface area contributed by atoms with Crippen molar-refractivity contribution in [1.29, 1.82) is 0 Å². The summed E-state index contributed by atoms with van der Waals surface area (Å²) in [6, 6.07) is 3.13. The number of anilines is 1. The average molecular weight is 377 g/mol. The molecule has 1 aromatic carbocycles. The molecule has 2 aliphatic rings. The number of carbonyl (C=O) groups excluding carboxylic acids is 2. The van der Waals surface area contributed by atoms with Gasteiger partial charge in [0.05, 0.1) is 23.8 Å². The molecule has 1 aromatic rings. The average Bonchev–Trinajstić information content (AvgIpc) is 3.37.